The molecule has 0 saturated heterocycles. The highest BCUT2D eigenvalue weighted by molar-refractivity contribution is 7.45. The molecule has 0 spiro atoms. The van der Waals surface area contributed by atoms with Crippen LogP contribution >= 0.6 is 7.82 Å². The molecule has 0 radical (unpaired) electrons. The Morgan fingerprint density at radius 1 is 0.508 bits per heavy atom. The minimum absolute atomic E-state index is 0.0262. The van der Waals surface area contributed by atoms with Gasteiger partial charge in [0.15, 0.2) is 0 Å². The van der Waals surface area contributed by atoms with Crippen molar-refractivity contribution in [2.45, 2.75) is 238 Å². The molecule has 0 rings (SSSR count). The Morgan fingerprint density at radius 2 is 0.881 bits per heavy atom. The van der Waals surface area contributed by atoms with Crippen molar-refractivity contribution in [3.8, 4) is 0 Å². The van der Waals surface area contributed by atoms with E-state index in [0.29, 0.717) is 24.1 Å². The van der Waals surface area contributed by atoms with Crippen LogP contribution in [0.25, 0.3) is 0 Å². The summed E-state index contributed by atoms with van der Waals surface area (Å²) < 4.78 is 34.7. The first kappa shape index (κ1) is 58.0. The zero-order chi connectivity index (χ0) is 43.4. The number of ether oxygens (including phenoxy) is 2. The average Bonchev–Trinajstić information content (AvgIpc) is 3.19. The van der Waals surface area contributed by atoms with Crippen molar-refractivity contribution in [1.82, 2.24) is 0 Å². The number of nitrogens with zero attached hydrogens (tertiary/aromatic N) is 1. The molecule has 0 fully saturated rings. The van der Waals surface area contributed by atoms with Crippen molar-refractivity contribution >= 4 is 13.8 Å². The van der Waals surface area contributed by atoms with Gasteiger partial charge in [0.2, 0.25) is 0 Å². The highest BCUT2D eigenvalue weighted by atomic mass is 31.2. The van der Waals surface area contributed by atoms with Crippen LogP contribution in [0.3, 0.4) is 0 Å². The van der Waals surface area contributed by atoms with Gasteiger partial charge in [-0.3, -0.25) is 9.36 Å². The molecule has 0 aliphatic rings. The maximum absolute atomic E-state index is 12.7. The van der Waals surface area contributed by atoms with Crippen LogP contribution < -0.4 is 4.89 Å². The lowest BCUT2D eigenvalue weighted by molar-refractivity contribution is -0.870. The summed E-state index contributed by atoms with van der Waals surface area (Å²) in [5, 5.41) is 0. The number of carbonyl (C=O) groups is 1. The van der Waals surface area contributed by atoms with Crippen LogP contribution in [0, 0.1) is 0 Å². The van der Waals surface area contributed by atoms with Gasteiger partial charge in [-0.2, -0.15) is 0 Å². The molecule has 0 N–H and O–H groups in total. The molecule has 350 valence electrons. The van der Waals surface area contributed by atoms with Gasteiger partial charge < -0.3 is 27.9 Å². The predicted molar refractivity (Wildman–Crippen MR) is 250 cm³/mol. The van der Waals surface area contributed by atoms with Gasteiger partial charge in [0.05, 0.1) is 34.4 Å². The number of allylic oxidation sites excluding steroid dienone is 4. The zero-order valence-electron chi connectivity index (χ0n) is 39.7. The Hall–Kier alpha value is -1.02. The SMILES string of the molecule is CCCCCCCCC/C=C\CCCCCCCCCCOCC(COP(=O)([O-])OCC[N+](C)(C)C)OC(=O)CCCCCCCCC/C=C\CCCCCCCCC. The number of esters is 1. The fourth-order valence-corrected chi connectivity index (χ4v) is 7.79. The van der Waals surface area contributed by atoms with E-state index in [2.05, 4.69) is 38.2 Å². The minimum Gasteiger partial charge on any atom is -0.756 e. The molecular formula is C50H98NO7P. The summed E-state index contributed by atoms with van der Waals surface area (Å²) >= 11 is 0. The molecule has 0 amide bonds. The molecule has 9 heteroatoms. The van der Waals surface area contributed by atoms with Crippen LogP contribution in [0.5, 0.6) is 0 Å². The van der Waals surface area contributed by atoms with Crippen LogP contribution in [-0.2, 0) is 27.9 Å². The molecule has 0 aromatic rings. The summed E-state index contributed by atoms with van der Waals surface area (Å²) in [7, 11) is 1.36. The van der Waals surface area contributed by atoms with Gasteiger partial charge >= 0.3 is 5.97 Å². The van der Waals surface area contributed by atoms with Crippen molar-refractivity contribution < 1.29 is 37.3 Å². The summed E-state index contributed by atoms with van der Waals surface area (Å²) in [6.45, 7) is 5.43. The number of carbonyl (C=O) groups excluding carboxylic acids is 1. The first-order chi connectivity index (χ1) is 28.6. The van der Waals surface area contributed by atoms with Gasteiger partial charge in [0.1, 0.15) is 19.3 Å². The monoisotopic (exact) mass is 856 g/mol. The van der Waals surface area contributed by atoms with Gasteiger partial charge in [0, 0.05) is 13.0 Å². The number of hydrogen-bond donors (Lipinski definition) is 0. The molecule has 2 atom stereocenters. The van der Waals surface area contributed by atoms with E-state index in [-0.39, 0.29) is 25.8 Å². The third-order valence-electron chi connectivity index (χ3n) is 11.0. The fourth-order valence-electron chi connectivity index (χ4n) is 7.07. The molecule has 0 aliphatic carbocycles. The van der Waals surface area contributed by atoms with E-state index < -0.39 is 13.9 Å². The summed E-state index contributed by atoms with van der Waals surface area (Å²) in [6.07, 6.45) is 50.5. The Kier molecular flexibility index (Phi) is 42.9. The van der Waals surface area contributed by atoms with E-state index in [9.17, 15) is 14.3 Å². The van der Waals surface area contributed by atoms with Crippen molar-refractivity contribution in [2.24, 2.45) is 0 Å². The minimum atomic E-state index is -4.53. The number of quaternary nitrogens is 1. The predicted octanol–water partition coefficient (Wildman–Crippen LogP) is 14.5. The maximum atomic E-state index is 12.7. The van der Waals surface area contributed by atoms with Gasteiger partial charge in [-0.1, -0.05) is 186 Å². The van der Waals surface area contributed by atoms with Crippen LogP contribution in [0.4, 0.5) is 0 Å². The Balaban J connectivity index is 4.16. The first-order valence-corrected chi connectivity index (χ1v) is 26.5. The van der Waals surface area contributed by atoms with E-state index >= 15 is 0 Å². The van der Waals surface area contributed by atoms with Crippen molar-refractivity contribution in [1.29, 1.82) is 0 Å². The lowest BCUT2D eigenvalue weighted by atomic mass is 10.1. The van der Waals surface area contributed by atoms with Crippen LogP contribution in [-0.4, -0.2) is 70.7 Å². The number of unbranched alkanes of at least 4 members (excludes halogenated alkanes) is 29. The smallest absolute Gasteiger partial charge is 0.306 e. The second kappa shape index (κ2) is 43.6. The van der Waals surface area contributed by atoms with E-state index in [1.807, 2.05) is 21.1 Å². The highest BCUT2D eigenvalue weighted by Crippen LogP contribution is 2.38. The molecule has 59 heavy (non-hydrogen) atoms. The number of phosphoric ester groups is 1. The van der Waals surface area contributed by atoms with E-state index in [0.717, 1.165) is 32.1 Å². The standard InChI is InChI=1S/C50H98NO7P/c1-6-8-10-12-14-16-18-20-22-24-26-28-30-32-34-36-38-40-42-45-55-47-49(48-57-59(53,54)56-46-44-51(3,4)5)58-50(52)43-41-39-37-35-33-31-29-27-25-23-21-19-17-15-13-11-9-7-2/h22-25,49H,6-21,26-48H2,1-5H3/b24-22-,25-23-. The first-order valence-electron chi connectivity index (χ1n) is 25.1. The largest absolute Gasteiger partial charge is 0.756 e. The summed E-state index contributed by atoms with van der Waals surface area (Å²) in [5.41, 5.74) is 0. The number of phosphoric acid groups is 1. The average molecular weight is 856 g/mol. The van der Waals surface area contributed by atoms with Gasteiger partial charge in [-0.15, -0.1) is 0 Å². The summed E-state index contributed by atoms with van der Waals surface area (Å²) in [4.78, 5) is 25.1. The maximum Gasteiger partial charge on any atom is 0.306 e. The number of likely N-dealkylation sites (N-methyl/N-ethyl adjacent to an activating group) is 1. The number of rotatable bonds is 47. The number of hydrogen-bond acceptors (Lipinski definition) is 7. The van der Waals surface area contributed by atoms with E-state index in [1.54, 1.807) is 0 Å². The lowest BCUT2D eigenvalue weighted by Crippen LogP contribution is -2.37. The van der Waals surface area contributed by atoms with Gasteiger partial charge in [0.25, 0.3) is 7.82 Å². The summed E-state index contributed by atoms with van der Waals surface area (Å²) in [5.74, 6) is -0.336. The van der Waals surface area contributed by atoms with E-state index in [4.69, 9.17) is 18.5 Å². The van der Waals surface area contributed by atoms with Crippen LogP contribution in [0.15, 0.2) is 24.3 Å². The third-order valence-corrected chi connectivity index (χ3v) is 11.9. The molecule has 0 aliphatic heterocycles. The Morgan fingerprint density at radius 3 is 1.29 bits per heavy atom. The molecule has 8 nitrogen and oxygen atoms in total. The van der Waals surface area contributed by atoms with Crippen LogP contribution in [0.2, 0.25) is 0 Å². The molecule has 0 saturated carbocycles. The normalized spacial score (nSPS) is 13.8. The van der Waals surface area contributed by atoms with E-state index in [1.165, 1.54) is 180 Å². The lowest BCUT2D eigenvalue weighted by Gasteiger charge is -2.28. The summed E-state index contributed by atoms with van der Waals surface area (Å²) in [6, 6.07) is 0. The molecule has 0 aromatic carbocycles. The van der Waals surface area contributed by atoms with Crippen molar-refractivity contribution in [2.75, 3.05) is 54.1 Å². The quantitative estimate of drug-likeness (QED) is 0.0198. The molecule has 0 bridgehead atoms. The van der Waals surface area contributed by atoms with Gasteiger partial charge in [-0.05, 0) is 64.2 Å². The third kappa shape index (κ3) is 47.9. The van der Waals surface area contributed by atoms with Gasteiger partial charge in [-0.25, -0.2) is 0 Å². The molecule has 2 unspecified atom stereocenters. The molecular weight excluding hydrogens is 758 g/mol. The molecule has 0 aromatic heterocycles. The van der Waals surface area contributed by atoms with Crippen molar-refractivity contribution in [3.05, 3.63) is 24.3 Å². The zero-order valence-corrected chi connectivity index (χ0v) is 40.6. The molecule has 0 heterocycles. The Labute approximate surface area is 366 Å². The van der Waals surface area contributed by atoms with Crippen LogP contribution in [0.1, 0.15) is 232 Å². The second-order valence-electron chi connectivity index (χ2n) is 18.2. The van der Waals surface area contributed by atoms with Crippen molar-refractivity contribution in [3.63, 3.8) is 0 Å². The fraction of sp³-hybridized carbons (Fsp3) is 0.900. The highest BCUT2D eigenvalue weighted by Gasteiger charge is 2.20. The Bertz CT molecular complexity index is 998. The topological polar surface area (TPSA) is 94.1 Å². The second-order valence-corrected chi connectivity index (χ2v) is 19.6.